The third kappa shape index (κ3) is 3.91. The normalized spacial score (nSPS) is 15.7. The molecule has 0 aliphatic carbocycles. The van der Waals surface area contributed by atoms with E-state index in [4.69, 9.17) is 33.8 Å². The average Bonchev–Trinajstić information content (AvgIpc) is 2.43. The van der Waals surface area contributed by atoms with Gasteiger partial charge < -0.3 is 10.5 Å². The number of hydrogen-bond donors (Lipinski definition) is 4. The maximum Gasteiger partial charge on any atom is 0.298 e. The number of nitrogens with one attached hydrogen (secondary N) is 1. The maximum atomic E-state index is 11.7. The predicted octanol–water partition coefficient (Wildman–Crippen LogP) is 0.342. The number of hydrazone groups is 1. The molecule has 0 unspecified atom stereocenters. The number of halogens is 2. The van der Waals surface area contributed by atoms with Crippen LogP contribution >= 0.6 is 23.4 Å². The Labute approximate surface area is 152 Å². The molecule has 0 saturated carbocycles. The van der Waals surface area contributed by atoms with Gasteiger partial charge in [-0.05, 0) is 6.07 Å². The van der Waals surface area contributed by atoms with E-state index in [1.807, 2.05) is 0 Å². The summed E-state index contributed by atoms with van der Waals surface area (Å²) in [5.74, 6) is -0.927. The molecule has 1 aromatic carbocycles. The van der Waals surface area contributed by atoms with Crippen LogP contribution < -0.4 is 15.9 Å². The van der Waals surface area contributed by atoms with E-state index in [1.54, 1.807) is 0 Å². The second-order valence-electron chi connectivity index (χ2n) is 4.50. The predicted molar refractivity (Wildman–Crippen MR) is 87.8 cm³/mol. The van der Waals surface area contributed by atoms with E-state index in [1.165, 1.54) is 0 Å². The molecule has 1 aromatic rings. The monoisotopic (exact) mass is 432 g/mol. The number of nitrogens with zero attached hydrogens (tertiary/aromatic N) is 2. The number of rotatable bonds is 4. The summed E-state index contributed by atoms with van der Waals surface area (Å²) in [5.41, 5.74) is 7.20. The fraction of sp³-hybridized carbons (Fsp3) is 0.100. The van der Waals surface area contributed by atoms with Gasteiger partial charge in [-0.3, -0.25) is 14.5 Å². The number of hydrogen-bond acceptors (Lipinski definition) is 9. The van der Waals surface area contributed by atoms with Crippen molar-refractivity contribution in [3.05, 3.63) is 22.9 Å². The second-order valence-corrected chi connectivity index (χ2v) is 7.97. The van der Waals surface area contributed by atoms with Gasteiger partial charge in [-0.25, -0.2) is 0 Å². The minimum absolute atomic E-state index is 0.279. The Morgan fingerprint density at radius 3 is 2.20 bits per heavy atom. The lowest BCUT2D eigenvalue weighted by Crippen LogP contribution is -2.34. The van der Waals surface area contributed by atoms with E-state index < -0.39 is 47.2 Å². The van der Waals surface area contributed by atoms with Crippen molar-refractivity contribution >= 4 is 55.0 Å². The first-order valence-corrected chi connectivity index (χ1v) is 9.60. The molecule has 1 heterocycles. The highest BCUT2D eigenvalue weighted by Crippen LogP contribution is 2.36. The van der Waals surface area contributed by atoms with E-state index in [9.17, 15) is 25.9 Å². The third-order valence-electron chi connectivity index (χ3n) is 2.95. The van der Waals surface area contributed by atoms with Crippen molar-refractivity contribution in [2.45, 2.75) is 9.79 Å². The molecule has 0 radical (unpaired) electrons. The highest BCUT2D eigenvalue weighted by Gasteiger charge is 2.30. The van der Waals surface area contributed by atoms with Crippen molar-refractivity contribution in [3.8, 4) is 5.75 Å². The summed E-state index contributed by atoms with van der Waals surface area (Å²) in [7, 11) is -8.66. The molecule has 25 heavy (non-hydrogen) atoms. The first kappa shape index (κ1) is 19.6. The molecule has 0 fully saturated rings. The zero-order chi connectivity index (χ0) is 19.2. The molecule has 0 amide bonds. The molecule has 5 N–H and O–H groups in total. The van der Waals surface area contributed by atoms with Crippen molar-refractivity contribution in [2.24, 2.45) is 10.8 Å². The van der Waals surface area contributed by atoms with Gasteiger partial charge in [0.2, 0.25) is 0 Å². The van der Waals surface area contributed by atoms with Gasteiger partial charge in [0.05, 0.1) is 24.5 Å². The van der Waals surface area contributed by atoms with Crippen LogP contribution in [0.1, 0.15) is 5.56 Å². The maximum absolute atomic E-state index is 11.7. The number of amidine groups is 1. The van der Waals surface area contributed by atoms with Crippen LogP contribution in [-0.2, 0) is 20.2 Å². The van der Waals surface area contributed by atoms with Gasteiger partial charge in [-0.15, -0.1) is 9.74 Å². The zero-order valence-corrected chi connectivity index (χ0v) is 15.3. The molecular weight excluding hydrogens is 423 g/mol. The topological polar surface area (TPSA) is 172 Å². The standard InChI is InChI=1S/C10H10Cl2N4O7S2/c1-23-5-3-6(24(17,18)19)4(2-7(5)25(20,21)22)8-9(11)14-16(12)15-10(8)13/h2-3,14H,1H3,(H2,13,15)(H,17,18,19)(H,20,21,22). The lowest BCUT2D eigenvalue weighted by atomic mass is 10.1. The van der Waals surface area contributed by atoms with Gasteiger partial charge in [0.25, 0.3) is 20.2 Å². The van der Waals surface area contributed by atoms with Gasteiger partial charge in [-0.2, -0.15) is 16.8 Å². The second kappa shape index (κ2) is 6.51. The molecule has 0 bridgehead atoms. The van der Waals surface area contributed by atoms with Crippen LogP contribution in [0.25, 0.3) is 5.57 Å². The van der Waals surface area contributed by atoms with Gasteiger partial charge >= 0.3 is 0 Å². The number of methoxy groups -OCH3 is 1. The van der Waals surface area contributed by atoms with Crippen LogP contribution in [0.4, 0.5) is 0 Å². The average molecular weight is 433 g/mol. The lowest BCUT2D eigenvalue weighted by Gasteiger charge is -2.23. The first-order chi connectivity index (χ1) is 11.4. The Morgan fingerprint density at radius 1 is 1.20 bits per heavy atom. The number of nitrogens with two attached hydrogens (primary N) is 1. The van der Waals surface area contributed by atoms with E-state index in [0.29, 0.717) is 16.8 Å². The third-order valence-corrected chi connectivity index (χ3v) is 5.15. The highest BCUT2D eigenvalue weighted by molar-refractivity contribution is 7.86. The fourth-order valence-corrected chi connectivity index (χ4v) is 3.83. The number of hydrazine groups is 1. The molecule has 2 rings (SSSR count). The van der Waals surface area contributed by atoms with Crippen LogP contribution in [0.3, 0.4) is 0 Å². The fourth-order valence-electron chi connectivity index (χ4n) is 1.99. The number of benzene rings is 1. The largest absolute Gasteiger partial charge is 0.495 e. The van der Waals surface area contributed by atoms with Gasteiger partial charge in [0.1, 0.15) is 20.7 Å². The first-order valence-electron chi connectivity index (χ1n) is 6.00. The van der Waals surface area contributed by atoms with Gasteiger partial charge in [0, 0.05) is 11.6 Å². The molecular formula is C10H10Cl2N4O7S2. The summed E-state index contributed by atoms with van der Waals surface area (Å²) in [5, 5.41) is 3.25. The Balaban J connectivity index is 2.94. The molecule has 0 atom stereocenters. The smallest absolute Gasteiger partial charge is 0.298 e. The van der Waals surface area contributed by atoms with Crippen molar-refractivity contribution in [2.75, 3.05) is 7.11 Å². The molecule has 0 saturated heterocycles. The molecule has 1 aliphatic rings. The quantitative estimate of drug-likeness (QED) is 0.295. The summed E-state index contributed by atoms with van der Waals surface area (Å²) < 4.78 is 70.5. The van der Waals surface area contributed by atoms with Crippen LogP contribution in [0, 0.1) is 0 Å². The Kier molecular flexibility index (Phi) is 5.09. The molecule has 1 aliphatic heterocycles. The molecule has 15 heteroatoms. The van der Waals surface area contributed by atoms with Crippen molar-refractivity contribution < 1.29 is 30.7 Å². The zero-order valence-electron chi connectivity index (χ0n) is 12.1. The summed E-state index contributed by atoms with van der Waals surface area (Å²) in [4.78, 5) is -1.57. The van der Waals surface area contributed by atoms with Crippen molar-refractivity contribution in [1.29, 1.82) is 0 Å². The Hall–Kier alpha value is -1.77. The molecule has 11 nitrogen and oxygen atoms in total. The van der Waals surface area contributed by atoms with Crippen LogP contribution in [-0.4, -0.2) is 43.5 Å². The minimum atomic E-state index is -4.87. The molecule has 0 spiro atoms. The van der Waals surface area contributed by atoms with E-state index in [0.717, 1.165) is 7.11 Å². The molecule has 138 valence electrons. The van der Waals surface area contributed by atoms with Gasteiger partial charge in [-0.1, -0.05) is 11.6 Å². The van der Waals surface area contributed by atoms with Gasteiger partial charge in [0.15, 0.2) is 5.84 Å². The Bertz CT molecular complexity index is 1000. The highest BCUT2D eigenvalue weighted by atomic mass is 35.5. The van der Waals surface area contributed by atoms with Crippen molar-refractivity contribution in [1.82, 2.24) is 10.1 Å². The number of ether oxygens (including phenoxy) is 1. The lowest BCUT2D eigenvalue weighted by molar-refractivity contribution is 0.395. The SMILES string of the molecule is COc1cc(S(=O)(=O)O)c(C2=C(Cl)NN(Cl)N=C2N)cc1S(=O)(=O)O. The van der Waals surface area contributed by atoms with E-state index in [-0.39, 0.29) is 10.7 Å². The summed E-state index contributed by atoms with van der Waals surface area (Å²) >= 11 is 11.5. The van der Waals surface area contributed by atoms with E-state index >= 15 is 0 Å². The van der Waals surface area contributed by atoms with E-state index in [2.05, 4.69) is 10.5 Å². The summed E-state index contributed by atoms with van der Waals surface area (Å²) in [6.45, 7) is 0. The van der Waals surface area contributed by atoms with Crippen LogP contribution in [0.2, 0.25) is 0 Å². The molecule has 0 aromatic heterocycles. The Morgan fingerprint density at radius 2 is 1.76 bits per heavy atom. The minimum Gasteiger partial charge on any atom is -0.495 e. The van der Waals surface area contributed by atoms with Crippen molar-refractivity contribution in [3.63, 3.8) is 0 Å². The van der Waals surface area contributed by atoms with Crippen LogP contribution in [0.5, 0.6) is 5.75 Å². The van der Waals surface area contributed by atoms with Crippen LogP contribution in [0.15, 0.2) is 32.2 Å². The summed E-state index contributed by atoms with van der Waals surface area (Å²) in [6.07, 6.45) is 0. The summed E-state index contributed by atoms with van der Waals surface area (Å²) in [6, 6.07) is 1.40.